The summed E-state index contributed by atoms with van der Waals surface area (Å²) in [7, 11) is 0. The number of hydrogen-bond donors (Lipinski definition) is 3. The van der Waals surface area contributed by atoms with E-state index in [4.69, 9.17) is 15.9 Å². The predicted molar refractivity (Wildman–Crippen MR) is 80.2 cm³/mol. The molecule has 19 heavy (non-hydrogen) atoms. The Morgan fingerprint density at radius 1 is 0.947 bits per heavy atom. The third kappa shape index (κ3) is 23.0. The molecule has 0 heterocycles. The summed E-state index contributed by atoms with van der Waals surface area (Å²) in [4.78, 5) is 9.57. The molecule has 0 fully saturated rings. The Labute approximate surface area is 118 Å². The molecule has 0 aromatic heterocycles. The SMILES string of the molecule is CC(N)C(=O)O.CCCCCCCCCCCCO. The highest BCUT2D eigenvalue weighted by molar-refractivity contribution is 5.72. The van der Waals surface area contributed by atoms with E-state index in [1.54, 1.807) is 0 Å². The zero-order chi connectivity index (χ0) is 14.9. The minimum absolute atomic E-state index is 0.372. The Morgan fingerprint density at radius 2 is 1.26 bits per heavy atom. The first-order chi connectivity index (χ1) is 9.06. The van der Waals surface area contributed by atoms with Crippen molar-refractivity contribution in [3.63, 3.8) is 0 Å². The minimum Gasteiger partial charge on any atom is -0.480 e. The Morgan fingerprint density at radius 3 is 1.53 bits per heavy atom. The van der Waals surface area contributed by atoms with Gasteiger partial charge in [-0.1, -0.05) is 64.7 Å². The second-order valence-corrected chi connectivity index (χ2v) is 5.03. The van der Waals surface area contributed by atoms with E-state index >= 15 is 0 Å². The second kappa shape index (κ2) is 17.4. The van der Waals surface area contributed by atoms with Crippen LogP contribution in [0.4, 0.5) is 0 Å². The zero-order valence-electron chi connectivity index (χ0n) is 12.7. The molecule has 4 heteroatoms. The number of carboxylic acid groups (broad SMARTS) is 1. The van der Waals surface area contributed by atoms with Crippen LogP contribution in [0.25, 0.3) is 0 Å². The van der Waals surface area contributed by atoms with Gasteiger partial charge in [0.05, 0.1) is 0 Å². The quantitative estimate of drug-likeness (QED) is 0.505. The Kier molecular flexibility index (Phi) is 18.9. The molecule has 1 unspecified atom stereocenters. The fourth-order valence-electron chi connectivity index (χ4n) is 1.60. The molecule has 4 N–H and O–H groups in total. The van der Waals surface area contributed by atoms with Crippen molar-refractivity contribution in [2.75, 3.05) is 6.61 Å². The molecule has 0 saturated heterocycles. The fraction of sp³-hybridized carbons (Fsp3) is 0.933. The third-order valence-corrected chi connectivity index (χ3v) is 2.90. The van der Waals surface area contributed by atoms with E-state index < -0.39 is 12.0 Å². The van der Waals surface area contributed by atoms with E-state index in [0.717, 1.165) is 6.42 Å². The summed E-state index contributed by atoms with van der Waals surface area (Å²) in [5.41, 5.74) is 4.84. The Bertz CT molecular complexity index is 174. The number of aliphatic carboxylic acids is 1. The molecule has 0 aliphatic rings. The standard InChI is InChI=1S/C12H26O.C3H7NO2/c1-2-3-4-5-6-7-8-9-10-11-12-13;1-2(4)3(5)6/h13H,2-12H2,1H3;2H,4H2,1H3,(H,5,6). The first kappa shape index (κ1) is 20.7. The van der Waals surface area contributed by atoms with Gasteiger partial charge in [0.25, 0.3) is 0 Å². The molecule has 0 saturated carbocycles. The second-order valence-electron chi connectivity index (χ2n) is 5.03. The van der Waals surface area contributed by atoms with Crippen LogP contribution in [0, 0.1) is 0 Å². The smallest absolute Gasteiger partial charge is 0.320 e. The van der Waals surface area contributed by atoms with Gasteiger partial charge in [-0.25, -0.2) is 0 Å². The summed E-state index contributed by atoms with van der Waals surface area (Å²) in [6.07, 6.45) is 13.3. The van der Waals surface area contributed by atoms with Gasteiger partial charge >= 0.3 is 5.97 Å². The largest absolute Gasteiger partial charge is 0.480 e. The van der Waals surface area contributed by atoms with E-state index in [1.165, 1.54) is 64.7 Å². The molecular formula is C15H33NO3. The lowest BCUT2D eigenvalue weighted by Gasteiger charge is -2.00. The van der Waals surface area contributed by atoms with Crippen LogP contribution in [0.1, 0.15) is 78.1 Å². The van der Waals surface area contributed by atoms with Crippen molar-refractivity contribution in [2.45, 2.75) is 84.1 Å². The van der Waals surface area contributed by atoms with Gasteiger partial charge in [0.1, 0.15) is 6.04 Å². The monoisotopic (exact) mass is 275 g/mol. The van der Waals surface area contributed by atoms with Crippen molar-refractivity contribution in [2.24, 2.45) is 5.73 Å². The molecule has 0 aliphatic heterocycles. The van der Waals surface area contributed by atoms with Crippen molar-refractivity contribution in [3.8, 4) is 0 Å². The summed E-state index contributed by atoms with van der Waals surface area (Å²) in [5.74, 6) is -0.963. The highest BCUT2D eigenvalue weighted by Crippen LogP contribution is 2.09. The van der Waals surface area contributed by atoms with Gasteiger partial charge in [-0.3, -0.25) is 4.79 Å². The van der Waals surface area contributed by atoms with Crippen LogP contribution in [-0.2, 0) is 4.79 Å². The van der Waals surface area contributed by atoms with Gasteiger partial charge in [-0.05, 0) is 13.3 Å². The molecule has 0 radical (unpaired) electrons. The van der Waals surface area contributed by atoms with Crippen LogP contribution >= 0.6 is 0 Å². The average Bonchev–Trinajstić information content (AvgIpc) is 2.37. The lowest BCUT2D eigenvalue weighted by Crippen LogP contribution is -2.25. The summed E-state index contributed by atoms with van der Waals surface area (Å²) in [5, 5.41) is 16.4. The van der Waals surface area contributed by atoms with Crippen LogP contribution in [0.2, 0.25) is 0 Å². The molecule has 0 aromatic rings. The van der Waals surface area contributed by atoms with Gasteiger partial charge < -0.3 is 15.9 Å². The van der Waals surface area contributed by atoms with Crippen LogP contribution < -0.4 is 5.73 Å². The fourth-order valence-corrected chi connectivity index (χ4v) is 1.60. The molecule has 0 bridgehead atoms. The van der Waals surface area contributed by atoms with Gasteiger partial charge in [0, 0.05) is 6.61 Å². The average molecular weight is 275 g/mol. The van der Waals surface area contributed by atoms with Crippen molar-refractivity contribution < 1.29 is 15.0 Å². The number of carbonyl (C=O) groups is 1. The van der Waals surface area contributed by atoms with E-state index in [-0.39, 0.29) is 0 Å². The van der Waals surface area contributed by atoms with Crippen LogP contribution in [0.5, 0.6) is 0 Å². The lowest BCUT2D eigenvalue weighted by atomic mass is 10.1. The van der Waals surface area contributed by atoms with E-state index in [1.807, 2.05) is 0 Å². The lowest BCUT2D eigenvalue weighted by molar-refractivity contribution is -0.138. The van der Waals surface area contributed by atoms with E-state index in [2.05, 4.69) is 6.92 Å². The topological polar surface area (TPSA) is 83.6 Å². The predicted octanol–water partition coefficient (Wildman–Crippen LogP) is 3.32. The van der Waals surface area contributed by atoms with Crippen LogP contribution in [0.3, 0.4) is 0 Å². The summed E-state index contributed by atoms with van der Waals surface area (Å²) < 4.78 is 0. The van der Waals surface area contributed by atoms with Gasteiger partial charge in [-0.2, -0.15) is 0 Å². The van der Waals surface area contributed by atoms with E-state index in [9.17, 15) is 4.79 Å². The molecule has 116 valence electrons. The minimum atomic E-state index is -0.963. The molecule has 1 atom stereocenters. The highest BCUT2D eigenvalue weighted by Gasteiger charge is 1.99. The zero-order valence-corrected chi connectivity index (χ0v) is 12.7. The molecule has 0 amide bonds. The number of rotatable bonds is 11. The third-order valence-electron chi connectivity index (χ3n) is 2.90. The summed E-state index contributed by atoms with van der Waals surface area (Å²) in [6.45, 7) is 4.05. The normalized spacial score (nSPS) is 11.6. The first-order valence-electron chi connectivity index (χ1n) is 7.65. The van der Waals surface area contributed by atoms with Crippen LogP contribution in [0.15, 0.2) is 0 Å². The first-order valence-corrected chi connectivity index (χ1v) is 7.65. The maximum absolute atomic E-state index is 9.57. The molecular weight excluding hydrogens is 242 g/mol. The summed E-state index contributed by atoms with van der Waals surface area (Å²) >= 11 is 0. The van der Waals surface area contributed by atoms with Gasteiger partial charge in [0.2, 0.25) is 0 Å². The number of nitrogens with two attached hydrogens (primary N) is 1. The summed E-state index contributed by atoms with van der Waals surface area (Å²) in [6, 6.07) is -0.731. The number of carboxylic acids is 1. The van der Waals surface area contributed by atoms with E-state index in [0.29, 0.717) is 6.61 Å². The molecule has 0 spiro atoms. The van der Waals surface area contributed by atoms with Crippen molar-refractivity contribution in [1.82, 2.24) is 0 Å². The maximum atomic E-state index is 9.57. The number of aliphatic hydroxyl groups is 1. The van der Waals surface area contributed by atoms with Crippen LogP contribution in [-0.4, -0.2) is 28.8 Å². The highest BCUT2D eigenvalue weighted by atomic mass is 16.4. The number of hydrogen-bond acceptors (Lipinski definition) is 3. The molecule has 0 aliphatic carbocycles. The number of aliphatic hydroxyl groups excluding tert-OH is 1. The maximum Gasteiger partial charge on any atom is 0.320 e. The van der Waals surface area contributed by atoms with Gasteiger partial charge in [0.15, 0.2) is 0 Å². The molecule has 4 nitrogen and oxygen atoms in total. The Balaban J connectivity index is 0. The Hall–Kier alpha value is -0.610. The van der Waals surface area contributed by atoms with Crippen molar-refractivity contribution >= 4 is 5.97 Å². The van der Waals surface area contributed by atoms with Crippen molar-refractivity contribution in [3.05, 3.63) is 0 Å². The van der Waals surface area contributed by atoms with Gasteiger partial charge in [-0.15, -0.1) is 0 Å². The number of unbranched alkanes of at least 4 members (excludes halogenated alkanes) is 9. The van der Waals surface area contributed by atoms with Crippen molar-refractivity contribution in [1.29, 1.82) is 0 Å². The molecule has 0 aromatic carbocycles. The molecule has 0 rings (SSSR count).